The highest BCUT2D eigenvalue weighted by Gasteiger charge is 2.14. The maximum atomic E-state index is 12.2. The molecule has 1 aliphatic rings. The van der Waals surface area contributed by atoms with E-state index < -0.39 is 0 Å². The van der Waals surface area contributed by atoms with Gasteiger partial charge in [-0.3, -0.25) is 4.79 Å². The van der Waals surface area contributed by atoms with Gasteiger partial charge in [-0.1, -0.05) is 29.8 Å². The van der Waals surface area contributed by atoms with Crippen LogP contribution in [-0.4, -0.2) is 39.4 Å². The predicted octanol–water partition coefficient (Wildman–Crippen LogP) is 2.72. The molecule has 0 saturated carbocycles. The highest BCUT2D eigenvalue weighted by Crippen LogP contribution is 2.19. The summed E-state index contributed by atoms with van der Waals surface area (Å²) in [5, 5.41) is 7.78. The number of nitrogens with zero attached hydrogens (tertiary/aromatic N) is 5. The van der Waals surface area contributed by atoms with Crippen LogP contribution in [0.4, 0.5) is 11.6 Å². The number of nitrogens with one attached hydrogen (secondary N) is 1. The van der Waals surface area contributed by atoms with Gasteiger partial charge in [0.2, 0.25) is 0 Å². The number of hydrogen-bond acceptors (Lipinski definition) is 6. The van der Waals surface area contributed by atoms with E-state index in [4.69, 9.17) is 0 Å². The van der Waals surface area contributed by atoms with E-state index in [2.05, 4.69) is 25.3 Å². The average molecular weight is 376 g/mol. The van der Waals surface area contributed by atoms with E-state index in [1.165, 1.54) is 23.1 Å². The van der Waals surface area contributed by atoms with Crippen molar-refractivity contribution in [3.05, 3.63) is 64.7 Å². The van der Waals surface area contributed by atoms with Crippen molar-refractivity contribution < 1.29 is 0 Å². The van der Waals surface area contributed by atoms with Gasteiger partial charge in [0.25, 0.3) is 5.56 Å². The normalized spacial score (nSPS) is 13.7. The molecule has 7 nitrogen and oxygen atoms in total. The molecule has 0 radical (unpaired) electrons. The van der Waals surface area contributed by atoms with Crippen molar-refractivity contribution in [2.24, 2.45) is 0 Å². The fraction of sp³-hybridized carbons (Fsp3) is 0.333. The second-order valence-corrected chi connectivity index (χ2v) is 7.03. The van der Waals surface area contributed by atoms with Gasteiger partial charge in [-0.05, 0) is 25.8 Å². The molecule has 0 amide bonds. The molecule has 0 bridgehead atoms. The van der Waals surface area contributed by atoms with Crippen LogP contribution in [0.15, 0.2) is 53.6 Å². The first-order valence-electron chi connectivity index (χ1n) is 9.65. The molecule has 1 saturated heterocycles. The molecule has 1 fully saturated rings. The van der Waals surface area contributed by atoms with Crippen molar-refractivity contribution in [1.29, 1.82) is 0 Å². The van der Waals surface area contributed by atoms with Crippen LogP contribution in [-0.2, 0) is 6.54 Å². The van der Waals surface area contributed by atoms with Crippen molar-refractivity contribution in [2.75, 3.05) is 29.9 Å². The molecule has 0 unspecified atom stereocenters. The lowest BCUT2D eigenvalue weighted by Gasteiger charge is -2.16. The van der Waals surface area contributed by atoms with E-state index in [1.54, 1.807) is 18.5 Å². The minimum atomic E-state index is -0.113. The second-order valence-electron chi connectivity index (χ2n) is 7.03. The predicted molar refractivity (Wildman–Crippen MR) is 111 cm³/mol. The third-order valence-corrected chi connectivity index (χ3v) is 4.93. The number of aryl methyl sites for hydroxylation is 1. The van der Waals surface area contributed by atoms with E-state index in [1.807, 2.05) is 37.3 Å². The molecule has 0 atom stereocenters. The summed E-state index contributed by atoms with van der Waals surface area (Å²) < 4.78 is 1.49. The second kappa shape index (κ2) is 8.21. The zero-order chi connectivity index (χ0) is 19.3. The Morgan fingerprint density at radius 3 is 2.61 bits per heavy atom. The molecular weight excluding hydrogens is 352 g/mol. The zero-order valence-electron chi connectivity index (χ0n) is 16.0. The lowest BCUT2D eigenvalue weighted by atomic mass is 10.1. The minimum Gasteiger partial charge on any atom is -0.368 e. The first-order valence-corrected chi connectivity index (χ1v) is 9.65. The Bertz CT molecular complexity index is 992. The monoisotopic (exact) mass is 376 g/mol. The molecule has 0 aliphatic carbocycles. The highest BCUT2D eigenvalue weighted by molar-refractivity contribution is 5.58. The van der Waals surface area contributed by atoms with E-state index in [-0.39, 0.29) is 5.56 Å². The first-order chi connectivity index (χ1) is 13.7. The summed E-state index contributed by atoms with van der Waals surface area (Å²) >= 11 is 0. The van der Waals surface area contributed by atoms with Gasteiger partial charge in [0.05, 0.1) is 12.2 Å². The summed E-state index contributed by atoms with van der Waals surface area (Å²) in [6, 6.07) is 13.4. The summed E-state index contributed by atoms with van der Waals surface area (Å²) in [4.78, 5) is 23.1. The largest absolute Gasteiger partial charge is 0.368 e. The van der Waals surface area contributed by atoms with Gasteiger partial charge < -0.3 is 10.2 Å². The van der Waals surface area contributed by atoms with Crippen molar-refractivity contribution >= 4 is 11.6 Å². The standard InChI is InChI=1S/C21H24N6O/c1-16-4-6-17(7-5-16)18-8-9-21(28)27(25-18)13-10-22-19-14-20(24-15-23-19)26-11-2-3-12-26/h4-9,14-15H,2-3,10-13H2,1H3,(H,22,23,24). The van der Waals surface area contributed by atoms with E-state index in [0.29, 0.717) is 13.1 Å². The molecule has 0 spiro atoms. The molecule has 3 aromatic rings. The summed E-state index contributed by atoms with van der Waals surface area (Å²) in [6.07, 6.45) is 4.00. The summed E-state index contributed by atoms with van der Waals surface area (Å²) in [5.74, 6) is 1.71. The molecular formula is C21H24N6O. The topological polar surface area (TPSA) is 75.9 Å². The number of aromatic nitrogens is 4. The lowest BCUT2D eigenvalue weighted by Crippen LogP contribution is -2.26. The van der Waals surface area contributed by atoms with Crippen molar-refractivity contribution in [3.63, 3.8) is 0 Å². The molecule has 1 aliphatic heterocycles. The van der Waals surface area contributed by atoms with Crippen LogP contribution in [0.5, 0.6) is 0 Å². The zero-order valence-corrected chi connectivity index (χ0v) is 16.0. The summed E-state index contributed by atoms with van der Waals surface area (Å²) in [7, 11) is 0. The lowest BCUT2D eigenvalue weighted by molar-refractivity contribution is 0.600. The maximum Gasteiger partial charge on any atom is 0.266 e. The summed E-state index contributed by atoms with van der Waals surface area (Å²) in [6.45, 7) is 5.15. The molecule has 4 rings (SSSR count). The fourth-order valence-electron chi connectivity index (χ4n) is 3.34. The van der Waals surface area contributed by atoms with E-state index in [9.17, 15) is 4.79 Å². The minimum absolute atomic E-state index is 0.113. The molecule has 2 aromatic heterocycles. The van der Waals surface area contributed by atoms with Crippen LogP contribution in [0.3, 0.4) is 0 Å². The summed E-state index contributed by atoms with van der Waals surface area (Å²) in [5.41, 5.74) is 2.87. The average Bonchev–Trinajstić information content (AvgIpc) is 3.25. The number of anilines is 2. The van der Waals surface area contributed by atoms with Gasteiger partial charge in [0.15, 0.2) is 0 Å². The third kappa shape index (κ3) is 4.19. The molecule has 3 heterocycles. The molecule has 7 heteroatoms. The van der Waals surface area contributed by atoms with Crippen LogP contribution in [0.2, 0.25) is 0 Å². The Morgan fingerprint density at radius 1 is 1.04 bits per heavy atom. The molecule has 144 valence electrons. The molecule has 1 N–H and O–H groups in total. The Balaban J connectivity index is 1.42. The first kappa shape index (κ1) is 18.2. The molecule has 28 heavy (non-hydrogen) atoms. The van der Waals surface area contributed by atoms with Gasteiger partial charge in [-0.2, -0.15) is 5.10 Å². The van der Waals surface area contributed by atoms with Gasteiger partial charge >= 0.3 is 0 Å². The van der Waals surface area contributed by atoms with Gasteiger partial charge in [-0.25, -0.2) is 14.6 Å². The Morgan fingerprint density at radius 2 is 1.82 bits per heavy atom. The molecule has 1 aromatic carbocycles. The van der Waals surface area contributed by atoms with Crippen LogP contribution in [0, 0.1) is 6.92 Å². The Hall–Kier alpha value is -3.22. The highest BCUT2D eigenvalue weighted by atomic mass is 16.1. The van der Waals surface area contributed by atoms with Crippen LogP contribution >= 0.6 is 0 Å². The van der Waals surface area contributed by atoms with Crippen molar-refractivity contribution in [3.8, 4) is 11.3 Å². The number of hydrogen-bond donors (Lipinski definition) is 1. The Kier molecular flexibility index (Phi) is 5.32. The number of rotatable bonds is 6. The van der Waals surface area contributed by atoms with Gasteiger partial charge in [0.1, 0.15) is 18.0 Å². The van der Waals surface area contributed by atoms with E-state index >= 15 is 0 Å². The SMILES string of the molecule is Cc1ccc(-c2ccc(=O)n(CCNc3cc(N4CCCC4)ncn3)n2)cc1. The van der Waals surface area contributed by atoms with Crippen LogP contribution in [0.25, 0.3) is 11.3 Å². The fourth-order valence-corrected chi connectivity index (χ4v) is 3.34. The van der Waals surface area contributed by atoms with Crippen LogP contribution in [0.1, 0.15) is 18.4 Å². The van der Waals surface area contributed by atoms with E-state index in [0.717, 1.165) is 36.0 Å². The van der Waals surface area contributed by atoms with Crippen LogP contribution < -0.4 is 15.8 Å². The third-order valence-electron chi connectivity index (χ3n) is 4.93. The Labute approximate surface area is 164 Å². The van der Waals surface area contributed by atoms with Crippen molar-refractivity contribution in [1.82, 2.24) is 19.7 Å². The quantitative estimate of drug-likeness (QED) is 0.713. The number of benzene rings is 1. The smallest absolute Gasteiger partial charge is 0.266 e. The van der Waals surface area contributed by atoms with Crippen molar-refractivity contribution in [2.45, 2.75) is 26.3 Å². The van der Waals surface area contributed by atoms with Gasteiger partial charge in [0, 0.05) is 37.3 Å². The maximum absolute atomic E-state index is 12.2. The van der Waals surface area contributed by atoms with Gasteiger partial charge in [-0.15, -0.1) is 0 Å².